The number of benzene rings is 3. The number of carboxylic acid groups (broad SMARTS) is 1. The SMILES string of the molecule is Cc1c(Cl)ccc(S(=O)(=O)N(CCOCC(=O)CNCc2ccc(C3=NCCN3C(=O)O)cc2)CCc2ccccc2)c1Cl. The van der Waals surface area contributed by atoms with E-state index < -0.39 is 16.1 Å². The molecule has 0 fully saturated rings. The molecule has 3 aromatic carbocycles. The highest BCUT2D eigenvalue weighted by molar-refractivity contribution is 7.89. The van der Waals surface area contributed by atoms with Gasteiger partial charge in [-0.1, -0.05) is 77.8 Å². The average molecular weight is 662 g/mol. The fraction of sp³-hybridized carbons (Fsp3) is 0.323. The summed E-state index contributed by atoms with van der Waals surface area (Å²) < 4.78 is 34.1. The number of ketones is 1. The van der Waals surface area contributed by atoms with E-state index in [1.165, 1.54) is 21.3 Å². The number of rotatable bonds is 15. The van der Waals surface area contributed by atoms with E-state index in [-0.39, 0.29) is 48.5 Å². The number of aliphatic imine (C=N–C) groups is 1. The summed E-state index contributed by atoms with van der Waals surface area (Å²) in [5.74, 6) is 0.247. The third kappa shape index (κ3) is 8.65. The number of Topliss-reactive ketones (excluding diaryl/α,β-unsaturated/α-hetero) is 1. The molecule has 0 bridgehead atoms. The fourth-order valence-corrected chi connectivity index (χ4v) is 6.83. The van der Waals surface area contributed by atoms with E-state index in [2.05, 4.69) is 10.3 Å². The van der Waals surface area contributed by atoms with Crippen molar-refractivity contribution in [3.8, 4) is 0 Å². The molecular formula is C31H34Cl2N4O6S. The van der Waals surface area contributed by atoms with Crippen molar-refractivity contribution in [2.75, 3.05) is 45.9 Å². The number of hydrogen-bond acceptors (Lipinski definition) is 7. The van der Waals surface area contributed by atoms with Crippen molar-refractivity contribution in [1.82, 2.24) is 14.5 Å². The van der Waals surface area contributed by atoms with Crippen molar-refractivity contribution in [2.24, 2.45) is 4.99 Å². The lowest BCUT2D eigenvalue weighted by atomic mass is 10.1. The van der Waals surface area contributed by atoms with Gasteiger partial charge in [0.05, 0.1) is 31.3 Å². The molecule has 0 spiro atoms. The molecule has 10 nitrogen and oxygen atoms in total. The molecule has 0 saturated heterocycles. The molecule has 1 aliphatic rings. The van der Waals surface area contributed by atoms with Gasteiger partial charge in [-0.3, -0.25) is 14.7 Å². The number of amidine groups is 1. The van der Waals surface area contributed by atoms with Crippen LogP contribution in [0.3, 0.4) is 0 Å². The van der Waals surface area contributed by atoms with Gasteiger partial charge in [0.2, 0.25) is 10.0 Å². The highest BCUT2D eigenvalue weighted by Crippen LogP contribution is 2.32. The molecule has 0 aromatic heterocycles. The van der Waals surface area contributed by atoms with Crippen LogP contribution in [0.5, 0.6) is 0 Å². The average Bonchev–Trinajstić information content (AvgIpc) is 3.51. The van der Waals surface area contributed by atoms with Gasteiger partial charge in [-0.2, -0.15) is 4.31 Å². The normalized spacial score (nSPS) is 13.4. The van der Waals surface area contributed by atoms with Gasteiger partial charge in [0.15, 0.2) is 5.78 Å². The second kappa shape index (κ2) is 15.6. The van der Waals surface area contributed by atoms with Gasteiger partial charge in [-0.15, -0.1) is 0 Å². The topological polar surface area (TPSA) is 129 Å². The van der Waals surface area contributed by atoms with Gasteiger partial charge in [-0.05, 0) is 42.2 Å². The summed E-state index contributed by atoms with van der Waals surface area (Å²) in [5, 5.41) is 12.8. The third-order valence-corrected chi connectivity index (χ3v) is 10.0. The maximum atomic E-state index is 13.6. The Morgan fingerprint density at radius 1 is 1.02 bits per heavy atom. The minimum absolute atomic E-state index is 0.0165. The summed E-state index contributed by atoms with van der Waals surface area (Å²) in [6.07, 6.45) is -0.546. The van der Waals surface area contributed by atoms with Crippen LogP contribution in [0.25, 0.3) is 0 Å². The lowest BCUT2D eigenvalue weighted by Gasteiger charge is -2.23. The zero-order valence-electron chi connectivity index (χ0n) is 24.2. The molecule has 3 aromatic rings. The van der Waals surface area contributed by atoms with E-state index >= 15 is 0 Å². The van der Waals surface area contributed by atoms with Crippen molar-refractivity contribution in [1.29, 1.82) is 0 Å². The van der Waals surface area contributed by atoms with Crippen molar-refractivity contribution >= 4 is 50.9 Å². The Hall–Kier alpha value is -3.32. The Bertz CT molecular complexity index is 1600. The van der Waals surface area contributed by atoms with Crippen molar-refractivity contribution in [2.45, 2.75) is 24.8 Å². The number of hydrogen-bond donors (Lipinski definition) is 2. The number of nitrogens with one attached hydrogen (secondary N) is 1. The number of nitrogens with zero attached hydrogens (tertiary/aromatic N) is 3. The zero-order valence-corrected chi connectivity index (χ0v) is 26.5. The molecule has 0 saturated carbocycles. The smallest absolute Gasteiger partial charge is 0.413 e. The minimum atomic E-state index is -3.98. The van der Waals surface area contributed by atoms with Crippen LogP contribution in [-0.4, -0.2) is 86.4 Å². The minimum Gasteiger partial charge on any atom is -0.465 e. The van der Waals surface area contributed by atoms with Crippen LogP contribution in [0, 0.1) is 6.92 Å². The highest BCUT2D eigenvalue weighted by atomic mass is 35.5. The van der Waals surface area contributed by atoms with E-state index in [9.17, 15) is 23.1 Å². The Morgan fingerprint density at radius 3 is 2.45 bits per heavy atom. The van der Waals surface area contributed by atoms with Gasteiger partial charge >= 0.3 is 6.09 Å². The maximum Gasteiger partial charge on any atom is 0.413 e. The zero-order chi connectivity index (χ0) is 31.7. The van der Waals surface area contributed by atoms with Crippen molar-refractivity contribution in [3.63, 3.8) is 0 Å². The Kier molecular flexibility index (Phi) is 11.9. The number of halogens is 2. The van der Waals surface area contributed by atoms with Crippen LogP contribution < -0.4 is 5.32 Å². The molecule has 2 N–H and O–H groups in total. The van der Waals surface area contributed by atoms with Crippen LogP contribution in [0.4, 0.5) is 4.79 Å². The second-order valence-electron chi connectivity index (χ2n) is 10.2. The van der Waals surface area contributed by atoms with Gasteiger partial charge in [0, 0.05) is 30.2 Å². The molecule has 0 unspecified atom stereocenters. The first-order chi connectivity index (χ1) is 21.1. The Labute approximate surface area is 267 Å². The molecule has 4 rings (SSSR count). The monoisotopic (exact) mass is 660 g/mol. The first-order valence-electron chi connectivity index (χ1n) is 14.0. The Balaban J connectivity index is 1.27. The van der Waals surface area contributed by atoms with E-state index in [4.69, 9.17) is 27.9 Å². The molecule has 13 heteroatoms. The van der Waals surface area contributed by atoms with Crippen LogP contribution >= 0.6 is 23.2 Å². The van der Waals surface area contributed by atoms with E-state index in [1.807, 2.05) is 42.5 Å². The van der Waals surface area contributed by atoms with E-state index in [0.29, 0.717) is 48.0 Å². The number of sulfonamides is 1. The summed E-state index contributed by atoms with van der Waals surface area (Å²) >= 11 is 12.5. The molecule has 1 amide bonds. The molecule has 1 aliphatic heterocycles. The molecule has 0 radical (unpaired) electrons. The van der Waals surface area contributed by atoms with Gasteiger partial charge < -0.3 is 15.2 Å². The second-order valence-corrected chi connectivity index (χ2v) is 12.8. The standard InChI is InChI=1S/C31H34Cl2N4O6S/c1-22-27(32)11-12-28(29(22)33)44(41,42)36(15-13-23-5-3-2-4-6-23)17-18-43-21-26(38)20-34-19-24-7-9-25(10-8-24)30-35-14-16-37(30)31(39)40/h2-12,34H,13-21H2,1H3,(H,39,40). The van der Waals surface area contributed by atoms with Crippen LogP contribution in [0.1, 0.15) is 22.3 Å². The van der Waals surface area contributed by atoms with Gasteiger partial charge in [0.1, 0.15) is 17.3 Å². The quantitative estimate of drug-likeness (QED) is 0.227. The Morgan fingerprint density at radius 2 is 1.75 bits per heavy atom. The number of carbonyl (C=O) groups is 2. The molecule has 0 atom stereocenters. The predicted molar refractivity (Wildman–Crippen MR) is 170 cm³/mol. The molecule has 1 heterocycles. The summed E-state index contributed by atoms with van der Waals surface area (Å²) in [5.41, 5.74) is 3.10. The van der Waals surface area contributed by atoms with E-state index in [0.717, 1.165) is 11.1 Å². The largest absolute Gasteiger partial charge is 0.465 e. The number of ether oxygens (including phenoxy) is 1. The van der Waals surface area contributed by atoms with Gasteiger partial charge in [0.25, 0.3) is 0 Å². The van der Waals surface area contributed by atoms with Crippen LogP contribution in [0.2, 0.25) is 10.0 Å². The van der Waals surface area contributed by atoms with Crippen molar-refractivity contribution in [3.05, 3.63) is 99.0 Å². The third-order valence-electron chi connectivity index (χ3n) is 7.08. The molecule has 0 aliphatic carbocycles. The van der Waals surface area contributed by atoms with Crippen molar-refractivity contribution < 1.29 is 27.9 Å². The highest BCUT2D eigenvalue weighted by Gasteiger charge is 2.28. The first kappa shape index (κ1) is 33.6. The van der Waals surface area contributed by atoms with E-state index in [1.54, 1.807) is 19.1 Å². The summed E-state index contributed by atoms with van der Waals surface area (Å²) in [6.45, 7) is 3.01. The number of carbonyl (C=O) groups excluding carboxylic acids is 1. The molecule has 44 heavy (non-hydrogen) atoms. The molecule has 234 valence electrons. The summed E-state index contributed by atoms with van der Waals surface area (Å²) in [7, 11) is -3.98. The fourth-order valence-electron chi connectivity index (χ4n) is 4.63. The maximum absolute atomic E-state index is 13.6. The summed E-state index contributed by atoms with van der Waals surface area (Å²) in [6, 6.07) is 19.8. The predicted octanol–water partition coefficient (Wildman–Crippen LogP) is 4.65. The summed E-state index contributed by atoms with van der Waals surface area (Å²) in [4.78, 5) is 29.2. The van der Waals surface area contributed by atoms with Crippen LogP contribution in [-0.2, 0) is 32.5 Å². The van der Waals surface area contributed by atoms with Gasteiger partial charge in [-0.25, -0.2) is 13.2 Å². The van der Waals surface area contributed by atoms with Crippen LogP contribution in [0.15, 0.2) is 76.6 Å². The number of amides is 1. The lowest BCUT2D eigenvalue weighted by molar-refractivity contribution is -0.122. The molecular weight excluding hydrogens is 627 g/mol. The first-order valence-corrected chi connectivity index (χ1v) is 16.2. The lowest BCUT2D eigenvalue weighted by Crippen LogP contribution is -2.36.